The van der Waals surface area contributed by atoms with Crippen LogP contribution in [0.4, 0.5) is 4.39 Å². The third kappa shape index (κ3) is 2.03. The van der Waals surface area contributed by atoms with Crippen molar-refractivity contribution in [3.05, 3.63) is 52.0 Å². The lowest BCUT2D eigenvalue weighted by atomic mass is 9.97. The summed E-state index contributed by atoms with van der Waals surface area (Å²) < 4.78 is 14.0. The van der Waals surface area contributed by atoms with Crippen LogP contribution in [0.3, 0.4) is 0 Å². The molecule has 1 heterocycles. The summed E-state index contributed by atoms with van der Waals surface area (Å²) in [4.78, 5) is 4.55. The van der Waals surface area contributed by atoms with Crippen LogP contribution in [0.15, 0.2) is 18.2 Å². The first-order valence-electron chi connectivity index (χ1n) is 6.12. The molecule has 0 aliphatic rings. The van der Waals surface area contributed by atoms with Gasteiger partial charge in [-0.1, -0.05) is 6.07 Å². The standard InChI is InChI=1S/C16H18FN/c1-9-6-7-14(15(17)8-9)16-12(4)10(2)11(3)13(5)18-16/h6-8H,1-5H3. The Balaban J connectivity index is 2.72. The minimum absolute atomic E-state index is 0.201. The molecule has 1 aromatic carbocycles. The van der Waals surface area contributed by atoms with Gasteiger partial charge >= 0.3 is 0 Å². The number of benzene rings is 1. The van der Waals surface area contributed by atoms with Crippen molar-refractivity contribution in [2.75, 3.05) is 0 Å². The van der Waals surface area contributed by atoms with Gasteiger partial charge in [-0.2, -0.15) is 0 Å². The Hall–Kier alpha value is -1.70. The molecule has 0 aliphatic carbocycles. The van der Waals surface area contributed by atoms with Gasteiger partial charge in [0.1, 0.15) is 5.82 Å². The molecule has 0 radical (unpaired) electrons. The maximum absolute atomic E-state index is 14.0. The first kappa shape index (κ1) is 12.7. The van der Waals surface area contributed by atoms with Crippen LogP contribution in [0.1, 0.15) is 27.9 Å². The maximum Gasteiger partial charge on any atom is 0.132 e. The molecule has 2 heteroatoms. The molecule has 0 N–H and O–H groups in total. The van der Waals surface area contributed by atoms with Crippen molar-refractivity contribution in [3.8, 4) is 11.3 Å². The lowest BCUT2D eigenvalue weighted by Crippen LogP contribution is -2.00. The maximum atomic E-state index is 14.0. The molecule has 2 aromatic rings. The van der Waals surface area contributed by atoms with E-state index in [-0.39, 0.29) is 5.82 Å². The Kier molecular flexibility index (Phi) is 3.20. The average Bonchev–Trinajstić information content (AvgIpc) is 2.32. The zero-order valence-corrected chi connectivity index (χ0v) is 11.6. The van der Waals surface area contributed by atoms with Crippen LogP contribution in [0.2, 0.25) is 0 Å². The van der Waals surface area contributed by atoms with E-state index in [1.54, 1.807) is 6.07 Å². The van der Waals surface area contributed by atoms with Gasteiger partial charge in [0.05, 0.1) is 5.69 Å². The summed E-state index contributed by atoms with van der Waals surface area (Å²) in [5, 5.41) is 0. The lowest BCUT2D eigenvalue weighted by molar-refractivity contribution is 0.629. The molecule has 0 aliphatic heterocycles. The van der Waals surface area contributed by atoms with Crippen molar-refractivity contribution in [3.63, 3.8) is 0 Å². The highest BCUT2D eigenvalue weighted by Gasteiger charge is 2.13. The Morgan fingerprint density at radius 2 is 1.56 bits per heavy atom. The summed E-state index contributed by atoms with van der Waals surface area (Å²) in [6.07, 6.45) is 0. The van der Waals surface area contributed by atoms with Gasteiger partial charge in [-0.3, -0.25) is 4.98 Å². The summed E-state index contributed by atoms with van der Waals surface area (Å²) in [5.74, 6) is -0.201. The summed E-state index contributed by atoms with van der Waals surface area (Å²) in [6.45, 7) is 9.98. The molecule has 0 saturated carbocycles. The Labute approximate surface area is 108 Å². The molecule has 0 saturated heterocycles. The molecule has 94 valence electrons. The van der Waals surface area contributed by atoms with Gasteiger partial charge in [0.2, 0.25) is 0 Å². The van der Waals surface area contributed by atoms with E-state index < -0.39 is 0 Å². The fraction of sp³-hybridized carbons (Fsp3) is 0.312. The predicted molar refractivity (Wildman–Crippen MR) is 73.3 cm³/mol. The SMILES string of the molecule is Cc1ccc(-c2nc(C)c(C)c(C)c2C)c(F)c1. The summed E-state index contributed by atoms with van der Waals surface area (Å²) in [7, 11) is 0. The molecule has 0 spiro atoms. The second-order valence-electron chi connectivity index (χ2n) is 4.90. The lowest BCUT2D eigenvalue weighted by Gasteiger charge is -2.14. The molecule has 0 bridgehead atoms. The highest BCUT2D eigenvalue weighted by Crippen LogP contribution is 2.29. The molecule has 0 unspecified atom stereocenters. The number of pyridine rings is 1. The van der Waals surface area contributed by atoms with Crippen LogP contribution in [-0.2, 0) is 0 Å². The third-order valence-electron chi connectivity index (χ3n) is 3.68. The number of hydrogen-bond acceptors (Lipinski definition) is 1. The molecule has 1 nitrogen and oxygen atoms in total. The topological polar surface area (TPSA) is 12.9 Å². The van der Waals surface area contributed by atoms with E-state index >= 15 is 0 Å². The number of rotatable bonds is 1. The fourth-order valence-electron chi connectivity index (χ4n) is 2.14. The van der Waals surface area contributed by atoms with Gasteiger partial charge < -0.3 is 0 Å². The molecule has 1 aromatic heterocycles. The van der Waals surface area contributed by atoms with Crippen molar-refractivity contribution in [1.29, 1.82) is 0 Å². The summed E-state index contributed by atoms with van der Waals surface area (Å²) in [6, 6.07) is 5.29. The van der Waals surface area contributed by atoms with Crippen molar-refractivity contribution in [1.82, 2.24) is 4.98 Å². The average molecular weight is 243 g/mol. The fourth-order valence-corrected chi connectivity index (χ4v) is 2.14. The van der Waals surface area contributed by atoms with Gasteiger partial charge in [-0.25, -0.2) is 4.39 Å². The van der Waals surface area contributed by atoms with Gasteiger partial charge in [-0.05, 0) is 69.0 Å². The van der Waals surface area contributed by atoms with E-state index in [1.165, 1.54) is 11.1 Å². The number of aryl methyl sites for hydroxylation is 2. The van der Waals surface area contributed by atoms with E-state index in [1.807, 2.05) is 32.9 Å². The molecular formula is C16H18FN. The van der Waals surface area contributed by atoms with Crippen molar-refractivity contribution in [2.24, 2.45) is 0 Å². The van der Waals surface area contributed by atoms with Crippen LogP contribution in [0.5, 0.6) is 0 Å². The van der Waals surface area contributed by atoms with Crippen LogP contribution >= 0.6 is 0 Å². The van der Waals surface area contributed by atoms with Gasteiger partial charge in [0.25, 0.3) is 0 Å². The first-order valence-corrected chi connectivity index (χ1v) is 6.12. The van der Waals surface area contributed by atoms with Crippen LogP contribution in [-0.4, -0.2) is 4.98 Å². The van der Waals surface area contributed by atoms with E-state index in [2.05, 4.69) is 18.8 Å². The Bertz CT molecular complexity index is 615. The zero-order chi connectivity index (χ0) is 13.4. The molecule has 18 heavy (non-hydrogen) atoms. The normalized spacial score (nSPS) is 10.8. The van der Waals surface area contributed by atoms with Gasteiger partial charge in [0.15, 0.2) is 0 Å². The van der Waals surface area contributed by atoms with Crippen molar-refractivity contribution in [2.45, 2.75) is 34.6 Å². The number of nitrogens with zero attached hydrogens (tertiary/aromatic N) is 1. The monoisotopic (exact) mass is 243 g/mol. The summed E-state index contributed by atoms with van der Waals surface area (Å²) >= 11 is 0. The Morgan fingerprint density at radius 1 is 0.889 bits per heavy atom. The number of halogens is 1. The van der Waals surface area contributed by atoms with E-state index in [4.69, 9.17) is 0 Å². The van der Waals surface area contributed by atoms with E-state index in [0.717, 1.165) is 22.5 Å². The zero-order valence-electron chi connectivity index (χ0n) is 11.6. The van der Waals surface area contributed by atoms with E-state index in [9.17, 15) is 4.39 Å². The van der Waals surface area contributed by atoms with Gasteiger partial charge in [-0.15, -0.1) is 0 Å². The largest absolute Gasteiger partial charge is 0.252 e. The molecular weight excluding hydrogens is 225 g/mol. The minimum atomic E-state index is -0.201. The molecule has 0 fully saturated rings. The summed E-state index contributed by atoms with van der Waals surface area (Å²) in [5.41, 5.74) is 6.67. The highest BCUT2D eigenvalue weighted by atomic mass is 19.1. The van der Waals surface area contributed by atoms with Crippen molar-refractivity contribution >= 4 is 0 Å². The molecule has 0 atom stereocenters. The smallest absolute Gasteiger partial charge is 0.132 e. The number of hydrogen-bond donors (Lipinski definition) is 0. The van der Waals surface area contributed by atoms with Crippen LogP contribution in [0, 0.1) is 40.4 Å². The van der Waals surface area contributed by atoms with Crippen LogP contribution in [0.25, 0.3) is 11.3 Å². The molecule has 0 amide bonds. The molecule has 2 rings (SSSR count). The van der Waals surface area contributed by atoms with Crippen LogP contribution < -0.4 is 0 Å². The van der Waals surface area contributed by atoms with E-state index in [0.29, 0.717) is 5.56 Å². The highest BCUT2D eigenvalue weighted by molar-refractivity contribution is 5.66. The Morgan fingerprint density at radius 3 is 2.17 bits per heavy atom. The quantitative estimate of drug-likeness (QED) is 0.722. The second-order valence-corrected chi connectivity index (χ2v) is 4.90. The first-order chi connectivity index (χ1) is 8.41. The van der Waals surface area contributed by atoms with Crippen molar-refractivity contribution < 1.29 is 4.39 Å². The second kappa shape index (κ2) is 4.52. The van der Waals surface area contributed by atoms with Gasteiger partial charge in [0, 0.05) is 11.3 Å². The number of aromatic nitrogens is 1. The minimum Gasteiger partial charge on any atom is -0.252 e. The predicted octanol–water partition coefficient (Wildman–Crippen LogP) is 4.43. The third-order valence-corrected chi connectivity index (χ3v) is 3.68.